The molecule has 1 heterocycles. The van der Waals surface area contributed by atoms with Gasteiger partial charge in [0.25, 0.3) is 5.60 Å². The van der Waals surface area contributed by atoms with Crippen molar-refractivity contribution >= 4 is 52.9 Å². The van der Waals surface area contributed by atoms with Gasteiger partial charge in [-0.2, -0.15) is 13.2 Å². The average Bonchev–Trinajstić information content (AvgIpc) is 3.19. The number of halogens is 4. The van der Waals surface area contributed by atoms with E-state index in [1.807, 2.05) is 0 Å². The molecule has 3 nitrogen and oxygen atoms in total. The second kappa shape index (κ2) is 5.97. The number of anilines is 1. The van der Waals surface area contributed by atoms with E-state index in [1.165, 1.54) is 12.1 Å². The van der Waals surface area contributed by atoms with Crippen LogP contribution in [0.1, 0.15) is 18.4 Å². The molecule has 2 aliphatic rings. The summed E-state index contributed by atoms with van der Waals surface area (Å²) in [5, 5.41) is 2.34. The van der Waals surface area contributed by atoms with E-state index in [0.29, 0.717) is 0 Å². The van der Waals surface area contributed by atoms with Crippen molar-refractivity contribution in [2.24, 2.45) is 5.92 Å². The monoisotopic (exact) mass is 339 g/mol. The predicted molar refractivity (Wildman–Crippen MR) is 76.9 cm³/mol. The molecule has 0 unspecified atom stereocenters. The SMILES string of the molecule is O=C1Nc2ccc(Cl)cc2[C@@](C#CC2CC2)(C(F)(F)F)O1.[NaH]. The van der Waals surface area contributed by atoms with Crippen LogP contribution in [-0.2, 0) is 10.3 Å². The van der Waals surface area contributed by atoms with E-state index in [1.54, 1.807) is 0 Å². The number of carbonyl (C=O) groups excluding carboxylic acids is 1. The van der Waals surface area contributed by atoms with Crippen LogP contribution in [0, 0.1) is 17.8 Å². The third-order valence-corrected chi connectivity index (χ3v) is 3.51. The van der Waals surface area contributed by atoms with Crippen LogP contribution in [0.25, 0.3) is 0 Å². The van der Waals surface area contributed by atoms with Crippen LogP contribution in [0.2, 0.25) is 5.02 Å². The van der Waals surface area contributed by atoms with Crippen molar-refractivity contribution in [3.63, 3.8) is 0 Å². The molecule has 1 saturated carbocycles. The maximum atomic E-state index is 13.6. The van der Waals surface area contributed by atoms with Crippen molar-refractivity contribution in [2.75, 3.05) is 5.32 Å². The minimum atomic E-state index is -4.87. The fourth-order valence-corrected chi connectivity index (χ4v) is 2.22. The molecule has 112 valence electrons. The molecule has 0 bridgehead atoms. The molecule has 1 aromatic carbocycles. The van der Waals surface area contributed by atoms with Gasteiger partial charge in [0.2, 0.25) is 0 Å². The summed E-state index contributed by atoms with van der Waals surface area (Å²) < 4.78 is 45.4. The van der Waals surface area contributed by atoms with Gasteiger partial charge in [-0.25, -0.2) is 4.79 Å². The van der Waals surface area contributed by atoms with Crippen molar-refractivity contribution in [3.8, 4) is 11.8 Å². The van der Waals surface area contributed by atoms with E-state index < -0.39 is 17.9 Å². The quantitative estimate of drug-likeness (QED) is 0.581. The standard InChI is InChI=1S/C14H9ClF3NO2.Na.H/c15-9-3-4-11-10(7-9)13(14(16,17)18,21-12(20)19-11)6-5-8-1-2-8;;/h3-4,7-8H,1-2H2,(H,19,20);;/t13-;;/m0../s1. The number of fused-ring (bicyclic) bond motifs is 1. The van der Waals surface area contributed by atoms with E-state index in [0.717, 1.165) is 18.9 Å². The van der Waals surface area contributed by atoms with E-state index in [9.17, 15) is 18.0 Å². The van der Waals surface area contributed by atoms with Gasteiger partial charge in [-0.05, 0) is 37.0 Å². The Labute approximate surface area is 151 Å². The fourth-order valence-electron chi connectivity index (χ4n) is 2.05. The molecular formula is C14H10ClF3NNaO2. The summed E-state index contributed by atoms with van der Waals surface area (Å²) in [6.07, 6.45) is -4.54. The Balaban J connectivity index is 0.00000176. The van der Waals surface area contributed by atoms with Crippen LogP contribution in [0.3, 0.4) is 0 Å². The number of ether oxygens (including phenoxy) is 1. The number of rotatable bonds is 0. The van der Waals surface area contributed by atoms with Gasteiger partial charge in [0, 0.05) is 16.5 Å². The number of alkyl halides is 3. The minimum absolute atomic E-state index is 0. The van der Waals surface area contributed by atoms with Crippen molar-refractivity contribution in [2.45, 2.75) is 24.6 Å². The third kappa shape index (κ3) is 3.09. The van der Waals surface area contributed by atoms with Crippen LogP contribution >= 0.6 is 11.6 Å². The van der Waals surface area contributed by atoms with Gasteiger partial charge in [-0.15, -0.1) is 0 Å². The van der Waals surface area contributed by atoms with Crippen LogP contribution < -0.4 is 5.32 Å². The van der Waals surface area contributed by atoms with Gasteiger partial charge >= 0.3 is 41.8 Å². The van der Waals surface area contributed by atoms with E-state index in [-0.39, 0.29) is 51.7 Å². The summed E-state index contributed by atoms with van der Waals surface area (Å²) in [6, 6.07) is 3.81. The van der Waals surface area contributed by atoms with Crippen LogP contribution in [0.15, 0.2) is 18.2 Å². The number of carbonyl (C=O) groups is 1. The van der Waals surface area contributed by atoms with Gasteiger partial charge in [0.1, 0.15) is 0 Å². The summed E-state index contributed by atoms with van der Waals surface area (Å²) in [4.78, 5) is 11.5. The fraction of sp³-hybridized carbons (Fsp3) is 0.357. The normalized spacial score (nSPS) is 23.2. The van der Waals surface area contributed by atoms with Crippen LogP contribution in [0.4, 0.5) is 23.7 Å². The molecule has 0 radical (unpaired) electrons. The molecule has 1 aliphatic carbocycles. The predicted octanol–water partition coefficient (Wildman–Crippen LogP) is 3.42. The zero-order valence-corrected chi connectivity index (χ0v) is 11.3. The Morgan fingerprint density at radius 1 is 1.36 bits per heavy atom. The van der Waals surface area contributed by atoms with Crippen LogP contribution in [0.5, 0.6) is 0 Å². The first-order chi connectivity index (χ1) is 9.82. The van der Waals surface area contributed by atoms with Gasteiger partial charge in [-0.3, -0.25) is 5.32 Å². The molecule has 1 aliphatic heterocycles. The summed E-state index contributed by atoms with van der Waals surface area (Å²) in [6.45, 7) is 0. The molecule has 1 N–H and O–H groups in total. The van der Waals surface area contributed by atoms with Crippen LogP contribution in [-0.4, -0.2) is 41.8 Å². The first-order valence-corrected chi connectivity index (χ1v) is 6.59. The van der Waals surface area contributed by atoms with E-state index >= 15 is 0 Å². The summed E-state index contributed by atoms with van der Waals surface area (Å²) >= 11 is 5.78. The Morgan fingerprint density at radius 2 is 2.05 bits per heavy atom. The molecule has 1 aromatic rings. The molecule has 1 atom stereocenters. The number of benzene rings is 1. The Kier molecular flexibility index (Phi) is 4.74. The van der Waals surface area contributed by atoms with E-state index in [2.05, 4.69) is 21.9 Å². The number of amides is 1. The molecule has 22 heavy (non-hydrogen) atoms. The number of cyclic esters (lactones) is 1. The summed E-state index contributed by atoms with van der Waals surface area (Å²) in [5.41, 5.74) is -3.27. The molecule has 1 fully saturated rings. The topological polar surface area (TPSA) is 38.3 Å². The van der Waals surface area contributed by atoms with Crippen molar-refractivity contribution in [1.82, 2.24) is 0 Å². The molecular weight excluding hydrogens is 330 g/mol. The molecule has 0 aromatic heterocycles. The molecule has 0 saturated heterocycles. The first-order valence-electron chi connectivity index (χ1n) is 6.21. The number of nitrogens with one attached hydrogen (secondary N) is 1. The summed E-state index contributed by atoms with van der Waals surface area (Å²) in [7, 11) is 0. The Hall–Kier alpha value is -0.870. The first kappa shape index (κ1) is 17.5. The third-order valence-electron chi connectivity index (χ3n) is 3.27. The van der Waals surface area contributed by atoms with E-state index in [4.69, 9.17) is 11.6 Å². The molecule has 0 spiro atoms. The zero-order chi connectivity index (χ0) is 15.3. The van der Waals surface area contributed by atoms with Gasteiger partial charge in [0.05, 0.1) is 5.69 Å². The van der Waals surface area contributed by atoms with Gasteiger partial charge in [-0.1, -0.05) is 17.5 Å². The van der Waals surface area contributed by atoms with Gasteiger partial charge < -0.3 is 4.74 Å². The van der Waals surface area contributed by atoms with Crippen molar-refractivity contribution in [1.29, 1.82) is 0 Å². The Morgan fingerprint density at radius 3 is 2.64 bits per heavy atom. The molecule has 1 amide bonds. The maximum absolute atomic E-state index is 13.6. The van der Waals surface area contributed by atoms with Crippen molar-refractivity contribution < 1.29 is 22.7 Å². The second-order valence-corrected chi connectivity index (χ2v) is 5.36. The Bertz CT molecular complexity index is 679. The molecule has 3 rings (SSSR count). The summed E-state index contributed by atoms with van der Waals surface area (Å²) in [5.74, 6) is 4.60. The number of hydrogen-bond acceptors (Lipinski definition) is 2. The van der Waals surface area contributed by atoms with Crippen molar-refractivity contribution in [3.05, 3.63) is 28.8 Å². The number of hydrogen-bond donors (Lipinski definition) is 1. The zero-order valence-electron chi connectivity index (χ0n) is 10.6. The average molecular weight is 340 g/mol. The second-order valence-electron chi connectivity index (χ2n) is 4.93. The molecule has 8 heteroatoms. The van der Waals surface area contributed by atoms with Gasteiger partial charge in [0.15, 0.2) is 0 Å².